The Labute approximate surface area is 118 Å². The van der Waals surface area contributed by atoms with E-state index in [2.05, 4.69) is 5.16 Å². The second kappa shape index (κ2) is 6.53. The fraction of sp³-hybridized carbons (Fsp3) is 0.273. The topological polar surface area (TPSA) is 78.9 Å². The number of amidine groups is 1. The van der Waals surface area contributed by atoms with Crippen LogP contribution in [0.5, 0.6) is 0 Å². The van der Waals surface area contributed by atoms with E-state index in [1.54, 1.807) is 7.05 Å². The summed E-state index contributed by atoms with van der Waals surface area (Å²) in [7, 11) is 1.60. The molecule has 0 atom stereocenters. The van der Waals surface area contributed by atoms with Crippen LogP contribution in [0.2, 0.25) is 0 Å². The van der Waals surface area contributed by atoms with E-state index in [1.807, 2.05) is 22.6 Å². The fourth-order valence-electron chi connectivity index (χ4n) is 1.30. The van der Waals surface area contributed by atoms with Crippen LogP contribution >= 0.6 is 22.6 Å². The van der Waals surface area contributed by atoms with E-state index in [4.69, 9.17) is 10.9 Å². The first kappa shape index (κ1) is 14.7. The lowest BCUT2D eigenvalue weighted by Crippen LogP contribution is -2.31. The molecule has 0 aliphatic carbocycles. The highest BCUT2D eigenvalue weighted by atomic mass is 127. The summed E-state index contributed by atoms with van der Waals surface area (Å²) < 4.78 is 13.5. The van der Waals surface area contributed by atoms with Crippen LogP contribution in [-0.2, 0) is 0 Å². The first-order valence-electron chi connectivity index (χ1n) is 5.12. The van der Waals surface area contributed by atoms with Gasteiger partial charge in [0.15, 0.2) is 0 Å². The maximum absolute atomic E-state index is 12.9. The van der Waals surface area contributed by atoms with Crippen molar-refractivity contribution in [3.8, 4) is 0 Å². The van der Waals surface area contributed by atoms with E-state index in [-0.39, 0.29) is 24.0 Å². The molecule has 1 rings (SSSR count). The minimum absolute atomic E-state index is 0.0588. The summed E-state index contributed by atoms with van der Waals surface area (Å²) in [5.41, 5.74) is 5.75. The number of carbonyl (C=O) groups is 1. The Morgan fingerprint density at radius 2 is 2.28 bits per heavy atom. The molecule has 0 heterocycles. The zero-order chi connectivity index (χ0) is 13.7. The maximum atomic E-state index is 12.9. The van der Waals surface area contributed by atoms with Gasteiger partial charge in [-0.15, -0.1) is 0 Å². The minimum atomic E-state index is -0.379. The van der Waals surface area contributed by atoms with Crippen LogP contribution in [0.4, 0.5) is 4.39 Å². The molecule has 0 unspecified atom stereocenters. The Morgan fingerprint density at radius 1 is 1.61 bits per heavy atom. The molecule has 0 aliphatic rings. The fourth-order valence-corrected chi connectivity index (χ4v) is 2.01. The van der Waals surface area contributed by atoms with Gasteiger partial charge >= 0.3 is 0 Å². The standard InChI is InChI=1S/C11H13FIN3O2/c1-16(5-4-10(14)15-18)11(17)8-3-2-7(12)6-9(8)13/h2-3,6,18H,4-5H2,1H3,(H2,14,15). The van der Waals surface area contributed by atoms with Gasteiger partial charge in [-0.3, -0.25) is 4.79 Å². The number of amides is 1. The Bertz CT molecular complexity index is 479. The number of hydrogen-bond donors (Lipinski definition) is 2. The summed E-state index contributed by atoms with van der Waals surface area (Å²) in [6, 6.07) is 3.98. The lowest BCUT2D eigenvalue weighted by atomic mass is 10.2. The number of nitrogens with two attached hydrogens (primary N) is 1. The predicted molar refractivity (Wildman–Crippen MR) is 74.1 cm³/mol. The van der Waals surface area contributed by atoms with Gasteiger partial charge in [-0.05, 0) is 40.8 Å². The second-order valence-electron chi connectivity index (χ2n) is 3.69. The van der Waals surface area contributed by atoms with E-state index in [1.165, 1.54) is 23.1 Å². The monoisotopic (exact) mass is 365 g/mol. The van der Waals surface area contributed by atoms with E-state index >= 15 is 0 Å². The van der Waals surface area contributed by atoms with Crippen LogP contribution in [0.25, 0.3) is 0 Å². The third kappa shape index (κ3) is 3.83. The molecular formula is C11H13FIN3O2. The first-order chi connectivity index (χ1) is 8.45. The third-order valence-electron chi connectivity index (χ3n) is 2.34. The van der Waals surface area contributed by atoms with Crippen LogP contribution in [0.1, 0.15) is 16.8 Å². The number of nitrogens with zero attached hydrogens (tertiary/aromatic N) is 2. The van der Waals surface area contributed by atoms with Gasteiger partial charge in [0.2, 0.25) is 0 Å². The molecule has 1 aromatic carbocycles. The van der Waals surface area contributed by atoms with Gasteiger partial charge in [-0.1, -0.05) is 5.16 Å². The van der Waals surface area contributed by atoms with Gasteiger partial charge in [0.25, 0.3) is 5.91 Å². The number of halogens is 2. The molecule has 0 saturated carbocycles. The maximum Gasteiger partial charge on any atom is 0.254 e. The van der Waals surface area contributed by atoms with Gasteiger partial charge in [0.1, 0.15) is 11.7 Å². The number of benzene rings is 1. The first-order valence-corrected chi connectivity index (χ1v) is 6.20. The normalized spacial score (nSPS) is 11.4. The molecule has 0 radical (unpaired) electrons. The van der Waals surface area contributed by atoms with Crippen LogP contribution < -0.4 is 5.73 Å². The molecule has 0 fully saturated rings. The van der Waals surface area contributed by atoms with Gasteiger partial charge < -0.3 is 15.8 Å². The van der Waals surface area contributed by atoms with Crippen molar-refractivity contribution < 1.29 is 14.4 Å². The predicted octanol–water partition coefficient (Wildman–Crippen LogP) is 1.64. The van der Waals surface area contributed by atoms with Crippen LogP contribution in [0.15, 0.2) is 23.4 Å². The van der Waals surface area contributed by atoms with Gasteiger partial charge in [-0.2, -0.15) is 0 Å². The number of rotatable bonds is 4. The SMILES string of the molecule is CN(CC/C(N)=N/O)C(=O)c1ccc(F)cc1I. The zero-order valence-corrected chi connectivity index (χ0v) is 11.9. The molecule has 0 saturated heterocycles. The van der Waals surface area contributed by atoms with Gasteiger partial charge in [-0.25, -0.2) is 4.39 Å². The lowest BCUT2D eigenvalue weighted by Gasteiger charge is -2.17. The highest BCUT2D eigenvalue weighted by Crippen LogP contribution is 2.15. The van der Waals surface area contributed by atoms with E-state index < -0.39 is 0 Å². The minimum Gasteiger partial charge on any atom is -0.409 e. The molecule has 0 bridgehead atoms. The molecular weight excluding hydrogens is 352 g/mol. The largest absolute Gasteiger partial charge is 0.409 e. The summed E-state index contributed by atoms with van der Waals surface area (Å²) in [5, 5.41) is 11.2. The molecule has 18 heavy (non-hydrogen) atoms. The molecule has 1 amide bonds. The van der Waals surface area contributed by atoms with Crippen LogP contribution in [0, 0.1) is 9.39 Å². The number of oxime groups is 1. The quantitative estimate of drug-likeness (QED) is 0.280. The molecule has 7 heteroatoms. The number of carbonyl (C=O) groups excluding carboxylic acids is 1. The zero-order valence-electron chi connectivity index (χ0n) is 9.73. The molecule has 98 valence electrons. The smallest absolute Gasteiger partial charge is 0.254 e. The van der Waals surface area contributed by atoms with Crippen LogP contribution in [-0.4, -0.2) is 35.4 Å². The summed E-state index contributed by atoms with van der Waals surface area (Å²) in [6.45, 7) is 0.322. The van der Waals surface area contributed by atoms with Crippen molar-refractivity contribution in [1.29, 1.82) is 0 Å². The molecule has 0 spiro atoms. The average Bonchev–Trinajstić information content (AvgIpc) is 2.34. The van der Waals surface area contributed by atoms with E-state index in [0.29, 0.717) is 15.7 Å². The van der Waals surface area contributed by atoms with Crippen molar-refractivity contribution in [2.45, 2.75) is 6.42 Å². The van der Waals surface area contributed by atoms with Crippen molar-refractivity contribution in [2.75, 3.05) is 13.6 Å². The van der Waals surface area contributed by atoms with Crippen molar-refractivity contribution in [2.24, 2.45) is 10.9 Å². The molecule has 1 aromatic rings. The summed E-state index contributed by atoms with van der Waals surface area (Å²) in [6.07, 6.45) is 0.274. The Morgan fingerprint density at radius 3 is 2.83 bits per heavy atom. The lowest BCUT2D eigenvalue weighted by molar-refractivity contribution is 0.0797. The summed E-state index contributed by atoms with van der Waals surface area (Å²) >= 11 is 1.91. The Kier molecular flexibility index (Phi) is 5.32. The number of hydrogen-bond acceptors (Lipinski definition) is 3. The summed E-state index contributed by atoms with van der Waals surface area (Å²) in [5.74, 6) is -0.552. The average molecular weight is 365 g/mol. The van der Waals surface area contributed by atoms with Crippen molar-refractivity contribution in [1.82, 2.24) is 4.90 Å². The van der Waals surface area contributed by atoms with Gasteiger partial charge in [0.05, 0.1) is 5.56 Å². The van der Waals surface area contributed by atoms with Crippen molar-refractivity contribution in [3.05, 3.63) is 33.1 Å². The van der Waals surface area contributed by atoms with Crippen molar-refractivity contribution in [3.63, 3.8) is 0 Å². The van der Waals surface area contributed by atoms with Crippen molar-refractivity contribution >= 4 is 34.3 Å². The second-order valence-corrected chi connectivity index (χ2v) is 4.85. The van der Waals surface area contributed by atoms with E-state index in [0.717, 1.165) is 0 Å². The highest BCUT2D eigenvalue weighted by molar-refractivity contribution is 14.1. The Hall–Kier alpha value is -1.38. The van der Waals surface area contributed by atoms with Crippen LogP contribution in [0.3, 0.4) is 0 Å². The molecule has 0 aromatic heterocycles. The molecule has 0 aliphatic heterocycles. The van der Waals surface area contributed by atoms with E-state index in [9.17, 15) is 9.18 Å². The highest BCUT2D eigenvalue weighted by Gasteiger charge is 2.15. The third-order valence-corrected chi connectivity index (χ3v) is 3.23. The summed E-state index contributed by atoms with van der Waals surface area (Å²) in [4.78, 5) is 13.5. The molecule has 5 nitrogen and oxygen atoms in total. The van der Waals surface area contributed by atoms with Gasteiger partial charge in [0, 0.05) is 23.6 Å². The Balaban J connectivity index is 2.74. The molecule has 3 N–H and O–H groups in total.